The van der Waals surface area contributed by atoms with Crippen molar-refractivity contribution in [3.63, 3.8) is 0 Å². The number of carbonyl (C=O) groups excluding carboxylic acids is 3. The molecule has 0 N–H and O–H groups in total. The standard InChI is InChI=1S/C19H13N3O4/c1-12-10-20-21(11-12)14-8-6-13(7-9-14)19(25)26-22-17(23)15-4-2-3-5-16(15)18(22)24/h2-11H,1H3. The van der Waals surface area contributed by atoms with Crippen LogP contribution in [0, 0.1) is 6.92 Å². The summed E-state index contributed by atoms with van der Waals surface area (Å²) in [6.45, 7) is 1.93. The van der Waals surface area contributed by atoms with Gasteiger partial charge >= 0.3 is 5.97 Å². The number of hydrogen-bond donors (Lipinski definition) is 0. The van der Waals surface area contributed by atoms with Gasteiger partial charge in [-0.1, -0.05) is 17.2 Å². The molecule has 0 fully saturated rings. The maximum Gasteiger partial charge on any atom is 0.363 e. The number of amides is 2. The third-order valence-corrected chi connectivity index (χ3v) is 4.01. The van der Waals surface area contributed by atoms with Crippen molar-refractivity contribution in [1.82, 2.24) is 14.8 Å². The Hall–Kier alpha value is -3.74. The Labute approximate surface area is 148 Å². The zero-order valence-corrected chi connectivity index (χ0v) is 13.7. The molecule has 7 heteroatoms. The lowest BCUT2D eigenvalue weighted by atomic mass is 10.1. The van der Waals surface area contributed by atoms with Crippen LogP contribution in [0.4, 0.5) is 0 Å². The molecule has 2 heterocycles. The van der Waals surface area contributed by atoms with E-state index in [1.54, 1.807) is 47.3 Å². The highest BCUT2D eigenvalue weighted by Crippen LogP contribution is 2.23. The van der Waals surface area contributed by atoms with E-state index in [2.05, 4.69) is 5.10 Å². The number of aromatic nitrogens is 2. The molecule has 4 rings (SSSR count). The molecule has 2 aromatic carbocycles. The summed E-state index contributed by atoms with van der Waals surface area (Å²) >= 11 is 0. The van der Waals surface area contributed by atoms with Crippen LogP contribution in [0.1, 0.15) is 36.6 Å². The molecule has 0 radical (unpaired) electrons. The molecule has 1 aromatic heterocycles. The molecule has 3 aromatic rings. The van der Waals surface area contributed by atoms with Crippen molar-refractivity contribution in [3.8, 4) is 5.69 Å². The van der Waals surface area contributed by atoms with Crippen LogP contribution in [0.3, 0.4) is 0 Å². The van der Waals surface area contributed by atoms with E-state index in [0.717, 1.165) is 11.3 Å². The van der Waals surface area contributed by atoms with Crippen LogP contribution in [0.25, 0.3) is 5.69 Å². The maximum atomic E-state index is 12.3. The number of hydrogen-bond acceptors (Lipinski definition) is 5. The number of fused-ring (bicyclic) bond motifs is 1. The third-order valence-electron chi connectivity index (χ3n) is 4.01. The first-order chi connectivity index (χ1) is 12.5. The van der Waals surface area contributed by atoms with Crippen molar-refractivity contribution in [3.05, 3.63) is 83.2 Å². The molecule has 0 atom stereocenters. The minimum atomic E-state index is -0.789. The Bertz CT molecular complexity index is 1000. The quantitative estimate of drug-likeness (QED) is 0.680. The van der Waals surface area contributed by atoms with Crippen LogP contribution in [0.2, 0.25) is 0 Å². The highest BCUT2D eigenvalue weighted by atomic mass is 16.7. The Kier molecular flexibility index (Phi) is 3.62. The van der Waals surface area contributed by atoms with Crippen molar-refractivity contribution < 1.29 is 19.2 Å². The summed E-state index contributed by atoms with van der Waals surface area (Å²) in [5.41, 5.74) is 2.44. The fourth-order valence-corrected chi connectivity index (χ4v) is 2.69. The van der Waals surface area contributed by atoms with Gasteiger partial charge in [0.05, 0.1) is 28.6 Å². The summed E-state index contributed by atoms with van der Waals surface area (Å²) in [7, 11) is 0. The lowest BCUT2D eigenvalue weighted by Gasteiger charge is -2.12. The van der Waals surface area contributed by atoms with E-state index in [1.165, 1.54) is 12.1 Å². The number of rotatable bonds is 3. The largest absolute Gasteiger partial charge is 0.363 e. The molecule has 7 nitrogen and oxygen atoms in total. The van der Waals surface area contributed by atoms with Gasteiger partial charge in [0.1, 0.15) is 0 Å². The van der Waals surface area contributed by atoms with Gasteiger partial charge in [-0.2, -0.15) is 5.10 Å². The predicted octanol–water partition coefficient (Wildman–Crippen LogP) is 2.55. The van der Waals surface area contributed by atoms with Gasteiger partial charge in [-0.15, -0.1) is 0 Å². The lowest BCUT2D eigenvalue weighted by Crippen LogP contribution is -2.32. The highest BCUT2D eigenvalue weighted by Gasteiger charge is 2.38. The van der Waals surface area contributed by atoms with E-state index < -0.39 is 17.8 Å². The Morgan fingerprint density at radius 1 is 0.962 bits per heavy atom. The van der Waals surface area contributed by atoms with Gasteiger partial charge in [-0.05, 0) is 48.9 Å². The number of nitrogens with zero attached hydrogens (tertiary/aromatic N) is 3. The zero-order chi connectivity index (χ0) is 18.3. The van der Waals surface area contributed by atoms with Gasteiger partial charge < -0.3 is 4.84 Å². The first-order valence-corrected chi connectivity index (χ1v) is 7.86. The number of carbonyl (C=O) groups is 3. The predicted molar refractivity (Wildman–Crippen MR) is 90.7 cm³/mol. The first kappa shape index (κ1) is 15.8. The molecule has 0 bridgehead atoms. The molecule has 0 saturated carbocycles. The van der Waals surface area contributed by atoms with Crippen LogP contribution in [-0.4, -0.2) is 32.6 Å². The minimum absolute atomic E-state index is 0.217. The van der Waals surface area contributed by atoms with Crippen LogP contribution in [-0.2, 0) is 4.84 Å². The van der Waals surface area contributed by atoms with Gasteiger partial charge in [0.15, 0.2) is 0 Å². The van der Waals surface area contributed by atoms with Crippen LogP contribution in [0.5, 0.6) is 0 Å². The van der Waals surface area contributed by atoms with Gasteiger partial charge in [-0.3, -0.25) is 9.59 Å². The van der Waals surface area contributed by atoms with E-state index in [9.17, 15) is 14.4 Å². The molecule has 0 spiro atoms. The van der Waals surface area contributed by atoms with Crippen molar-refractivity contribution in [2.24, 2.45) is 0 Å². The van der Waals surface area contributed by atoms with E-state index in [1.807, 2.05) is 13.1 Å². The third kappa shape index (κ3) is 2.55. The fourth-order valence-electron chi connectivity index (χ4n) is 2.69. The summed E-state index contributed by atoms with van der Waals surface area (Å²) < 4.78 is 1.68. The zero-order valence-electron chi connectivity index (χ0n) is 13.7. The van der Waals surface area contributed by atoms with Crippen LogP contribution >= 0.6 is 0 Å². The SMILES string of the molecule is Cc1cnn(-c2ccc(C(=O)ON3C(=O)c4ccccc4C3=O)cc2)c1. The first-order valence-electron chi connectivity index (χ1n) is 7.86. The molecule has 128 valence electrons. The Balaban J connectivity index is 1.52. The van der Waals surface area contributed by atoms with E-state index in [-0.39, 0.29) is 16.7 Å². The average molecular weight is 347 g/mol. The molecular formula is C19H13N3O4. The molecule has 1 aliphatic rings. The normalized spacial score (nSPS) is 13.0. The van der Waals surface area contributed by atoms with E-state index in [0.29, 0.717) is 5.06 Å². The summed E-state index contributed by atoms with van der Waals surface area (Å²) in [6.07, 6.45) is 3.58. The van der Waals surface area contributed by atoms with Crippen LogP contribution < -0.4 is 0 Å². The number of hydroxylamine groups is 2. The highest BCUT2D eigenvalue weighted by molar-refractivity contribution is 6.21. The molecule has 0 unspecified atom stereocenters. The van der Waals surface area contributed by atoms with E-state index >= 15 is 0 Å². The summed E-state index contributed by atoms with van der Waals surface area (Å²) in [5, 5.41) is 4.69. The Morgan fingerprint density at radius 3 is 2.12 bits per heavy atom. The molecule has 26 heavy (non-hydrogen) atoms. The molecule has 0 aliphatic carbocycles. The second-order valence-corrected chi connectivity index (χ2v) is 5.84. The second-order valence-electron chi connectivity index (χ2n) is 5.84. The van der Waals surface area contributed by atoms with Crippen molar-refractivity contribution in [2.45, 2.75) is 6.92 Å². The number of benzene rings is 2. The summed E-state index contributed by atoms with van der Waals surface area (Å²) in [4.78, 5) is 41.8. The number of aryl methyl sites for hydroxylation is 1. The van der Waals surface area contributed by atoms with Crippen molar-refractivity contribution in [2.75, 3.05) is 0 Å². The smallest absolute Gasteiger partial charge is 0.324 e. The topological polar surface area (TPSA) is 81.5 Å². The van der Waals surface area contributed by atoms with Gasteiger partial charge in [0, 0.05) is 6.20 Å². The molecular weight excluding hydrogens is 334 g/mol. The van der Waals surface area contributed by atoms with Crippen molar-refractivity contribution >= 4 is 17.8 Å². The summed E-state index contributed by atoms with van der Waals surface area (Å²) in [6, 6.07) is 12.8. The minimum Gasteiger partial charge on any atom is -0.324 e. The molecule has 2 amide bonds. The monoisotopic (exact) mass is 347 g/mol. The lowest BCUT2D eigenvalue weighted by molar-refractivity contribution is -0.0584. The second kappa shape index (κ2) is 5.96. The maximum absolute atomic E-state index is 12.3. The van der Waals surface area contributed by atoms with Gasteiger partial charge in [-0.25, -0.2) is 9.48 Å². The van der Waals surface area contributed by atoms with Gasteiger partial charge in [0.2, 0.25) is 0 Å². The van der Waals surface area contributed by atoms with E-state index in [4.69, 9.17) is 4.84 Å². The van der Waals surface area contributed by atoms with Gasteiger partial charge in [0.25, 0.3) is 11.8 Å². The van der Waals surface area contributed by atoms with Crippen LogP contribution in [0.15, 0.2) is 60.9 Å². The summed E-state index contributed by atoms with van der Waals surface area (Å²) in [5.74, 6) is -2.09. The molecule has 0 saturated heterocycles. The number of imide groups is 1. The fraction of sp³-hybridized carbons (Fsp3) is 0.0526. The molecule has 1 aliphatic heterocycles. The Morgan fingerprint density at radius 2 is 1.58 bits per heavy atom. The van der Waals surface area contributed by atoms with Crippen molar-refractivity contribution in [1.29, 1.82) is 0 Å². The average Bonchev–Trinajstić information content (AvgIpc) is 3.20.